The molecule has 0 aromatic rings. The van der Waals surface area contributed by atoms with Crippen LogP contribution in [0.4, 0.5) is 4.79 Å². The Labute approximate surface area is 150 Å². The van der Waals surface area contributed by atoms with Gasteiger partial charge in [-0.15, -0.1) is 0 Å². The van der Waals surface area contributed by atoms with Crippen LogP contribution < -0.4 is 0 Å². The van der Waals surface area contributed by atoms with Crippen LogP contribution in [0.1, 0.15) is 19.8 Å². The van der Waals surface area contributed by atoms with Gasteiger partial charge in [-0.3, -0.25) is 24.2 Å². The summed E-state index contributed by atoms with van der Waals surface area (Å²) >= 11 is 0. The molecule has 0 aliphatic carbocycles. The van der Waals surface area contributed by atoms with Crippen LogP contribution >= 0.6 is 0 Å². The monoisotopic (exact) mass is 375 g/mol. The van der Waals surface area contributed by atoms with Crippen molar-refractivity contribution >= 4 is 24.0 Å². The molecule has 1 amide bonds. The maximum atomic E-state index is 11.5. The molecule has 4 N–H and O–H groups in total. The standard InChI is InChI=1S/C15H25N3O8/c1-2-3-15(18(7-12(21)22)8-13(23)24)9-16(6-11(19)20)4-5-17(10-15)14(25)26/h2-10H2,1H3,(H,19,20)(H,21,22)(H,23,24)(H,25,26). The third kappa shape index (κ3) is 6.15. The van der Waals surface area contributed by atoms with Gasteiger partial charge in [0, 0.05) is 26.2 Å². The van der Waals surface area contributed by atoms with Gasteiger partial charge in [0.05, 0.1) is 25.2 Å². The molecule has 1 unspecified atom stereocenters. The van der Waals surface area contributed by atoms with E-state index in [1.165, 1.54) is 9.80 Å². The highest BCUT2D eigenvalue weighted by molar-refractivity contribution is 5.73. The molecule has 26 heavy (non-hydrogen) atoms. The van der Waals surface area contributed by atoms with Crippen molar-refractivity contribution in [3.8, 4) is 0 Å². The van der Waals surface area contributed by atoms with Gasteiger partial charge < -0.3 is 25.3 Å². The zero-order valence-corrected chi connectivity index (χ0v) is 14.6. The Morgan fingerprint density at radius 3 is 1.92 bits per heavy atom. The Hall–Kier alpha value is -2.40. The minimum Gasteiger partial charge on any atom is -0.480 e. The Balaban J connectivity index is 3.33. The van der Waals surface area contributed by atoms with Crippen LogP contribution in [0.25, 0.3) is 0 Å². The van der Waals surface area contributed by atoms with E-state index in [-0.39, 0.29) is 32.7 Å². The average molecular weight is 375 g/mol. The van der Waals surface area contributed by atoms with Crippen molar-refractivity contribution < 1.29 is 39.6 Å². The van der Waals surface area contributed by atoms with Crippen molar-refractivity contribution in [1.82, 2.24) is 14.7 Å². The lowest BCUT2D eigenvalue weighted by molar-refractivity contribution is -0.147. The Morgan fingerprint density at radius 1 is 0.923 bits per heavy atom. The van der Waals surface area contributed by atoms with E-state index in [9.17, 15) is 34.5 Å². The number of carboxylic acid groups (broad SMARTS) is 4. The molecule has 0 spiro atoms. The van der Waals surface area contributed by atoms with Crippen LogP contribution in [-0.2, 0) is 14.4 Å². The van der Waals surface area contributed by atoms with E-state index in [0.29, 0.717) is 12.8 Å². The van der Waals surface area contributed by atoms with Crippen molar-refractivity contribution in [1.29, 1.82) is 0 Å². The third-order valence-corrected chi connectivity index (χ3v) is 4.36. The number of amides is 1. The summed E-state index contributed by atoms with van der Waals surface area (Å²) < 4.78 is 0. The molecule has 0 aromatic heterocycles. The summed E-state index contributed by atoms with van der Waals surface area (Å²) in [5.74, 6) is -3.57. The lowest BCUT2D eigenvalue weighted by atomic mass is 9.89. The molecule has 0 bridgehead atoms. The lowest BCUT2D eigenvalue weighted by Gasteiger charge is -2.45. The van der Waals surface area contributed by atoms with Gasteiger partial charge in [0.1, 0.15) is 0 Å². The molecule has 1 fully saturated rings. The van der Waals surface area contributed by atoms with Crippen molar-refractivity contribution in [3.63, 3.8) is 0 Å². The molecule has 148 valence electrons. The minimum absolute atomic E-state index is 0.0576. The first-order chi connectivity index (χ1) is 12.1. The van der Waals surface area contributed by atoms with E-state index in [1.807, 2.05) is 6.92 Å². The fraction of sp³-hybridized carbons (Fsp3) is 0.733. The summed E-state index contributed by atoms with van der Waals surface area (Å²) in [6.07, 6.45) is -0.342. The highest BCUT2D eigenvalue weighted by Gasteiger charge is 2.44. The fourth-order valence-electron chi connectivity index (χ4n) is 3.43. The molecule has 0 saturated carbocycles. The lowest BCUT2D eigenvalue weighted by Crippen LogP contribution is -2.62. The van der Waals surface area contributed by atoms with Gasteiger partial charge in [-0.2, -0.15) is 0 Å². The molecule has 1 atom stereocenters. The van der Waals surface area contributed by atoms with Gasteiger partial charge in [0.25, 0.3) is 0 Å². The van der Waals surface area contributed by atoms with E-state index in [2.05, 4.69) is 0 Å². The van der Waals surface area contributed by atoms with E-state index in [1.54, 1.807) is 0 Å². The maximum Gasteiger partial charge on any atom is 0.407 e. The van der Waals surface area contributed by atoms with E-state index < -0.39 is 42.6 Å². The Kier molecular flexibility index (Phi) is 7.77. The predicted molar refractivity (Wildman–Crippen MR) is 88.2 cm³/mol. The van der Waals surface area contributed by atoms with Crippen LogP contribution in [-0.4, -0.2) is 110 Å². The summed E-state index contributed by atoms with van der Waals surface area (Å²) in [5, 5.41) is 36.9. The van der Waals surface area contributed by atoms with Gasteiger partial charge in [-0.05, 0) is 6.42 Å². The number of aliphatic carboxylic acids is 3. The van der Waals surface area contributed by atoms with Crippen molar-refractivity contribution in [3.05, 3.63) is 0 Å². The van der Waals surface area contributed by atoms with Gasteiger partial charge in [-0.25, -0.2) is 4.79 Å². The maximum absolute atomic E-state index is 11.5. The molecule has 1 heterocycles. The van der Waals surface area contributed by atoms with Gasteiger partial charge in [-0.1, -0.05) is 13.3 Å². The molecule has 1 aliphatic rings. The van der Waals surface area contributed by atoms with Gasteiger partial charge in [0.2, 0.25) is 0 Å². The fourth-order valence-corrected chi connectivity index (χ4v) is 3.43. The zero-order valence-electron chi connectivity index (χ0n) is 14.6. The van der Waals surface area contributed by atoms with Crippen LogP contribution in [0.3, 0.4) is 0 Å². The van der Waals surface area contributed by atoms with E-state index in [0.717, 1.165) is 4.90 Å². The number of hydrogen-bond acceptors (Lipinski definition) is 6. The smallest absolute Gasteiger partial charge is 0.407 e. The Morgan fingerprint density at radius 2 is 1.50 bits per heavy atom. The third-order valence-electron chi connectivity index (χ3n) is 4.36. The first-order valence-electron chi connectivity index (χ1n) is 8.20. The second-order valence-electron chi connectivity index (χ2n) is 6.43. The predicted octanol–water partition coefficient (Wildman–Crippen LogP) is -0.623. The second kappa shape index (κ2) is 9.34. The summed E-state index contributed by atoms with van der Waals surface area (Å²) in [5.41, 5.74) is -1.12. The molecule has 11 heteroatoms. The van der Waals surface area contributed by atoms with Crippen molar-refractivity contribution in [2.45, 2.75) is 25.3 Å². The summed E-state index contributed by atoms with van der Waals surface area (Å²) in [7, 11) is 0. The summed E-state index contributed by atoms with van der Waals surface area (Å²) in [6.45, 7) is 0.512. The van der Waals surface area contributed by atoms with Crippen LogP contribution in [0, 0.1) is 0 Å². The number of rotatable bonds is 9. The summed E-state index contributed by atoms with van der Waals surface area (Å²) in [6, 6.07) is 0. The minimum atomic E-state index is -1.24. The molecule has 1 aliphatic heterocycles. The van der Waals surface area contributed by atoms with Crippen LogP contribution in [0.2, 0.25) is 0 Å². The number of hydrogen-bond donors (Lipinski definition) is 4. The normalized spacial score (nSPS) is 21.4. The van der Waals surface area contributed by atoms with Crippen LogP contribution in [0.15, 0.2) is 0 Å². The number of carbonyl (C=O) groups is 4. The molecule has 1 saturated heterocycles. The van der Waals surface area contributed by atoms with E-state index >= 15 is 0 Å². The van der Waals surface area contributed by atoms with Crippen molar-refractivity contribution in [2.24, 2.45) is 0 Å². The largest absolute Gasteiger partial charge is 0.480 e. The SMILES string of the molecule is CCCC1(N(CC(=O)O)CC(=O)O)CN(CC(=O)O)CCN(C(=O)O)C1. The average Bonchev–Trinajstić information content (AvgIpc) is 2.66. The molecule has 0 radical (unpaired) electrons. The topological polar surface area (TPSA) is 159 Å². The summed E-state index contributed by atoms with van der Waals surface area (Å²) in [4.78, 5) is 49.0. The highest BCUT2D eigenvalue weighted by atomic mass is 16.4. The molecular formula is C15H25N3O8. The van der Waals surface area contributed by atoms with Crippen molar-refractivity contribution in [2.75, 3.05) is 45.8 Å². The molecule has 1 rings (SSSR count). The first kappa shape index (κ1) is 21.6. The second-order valence-corrected chi connectivity index (χ2v) is 6.43. The zero-order chi connectivity index (χ0) is 19.9. The highest BCUT2D eigenvalue weighted by Crippen LogP contribution is 2.27. The molecule has 0 aromatic carbocycles. The van der Waals surface area contributed by atoms with E-state index in [4.69, 9.17) is 5.11 Å². The first-order valence-corrected chi connectivity index (χ1v) is 8.20. The van der Waals surface area contributed by atoms with Gasteiger partial charge >= 0.3 is 24.0 Å². The molecule has 11 nitrogen and oxygen atoms in total. The number of nitrogens with zero attached hydrogens (tertiary/aromatic N) is 3. The van der Waals surface area contributed by atoms with Crippen LogP contribution in [0.5, 0.6) is 0 Å². The quantitative estimate of drug-likeness (QED) is 0.409. The van der Waals surface area contributed by atoms with Gasteiger partial charge in [0.15, 0.2) is 0 Å². The Bertz CT molecular complexity index is 539. The number of carboxylic acids is 3. The molecular weight excluding hydrogens is 350 g/mol.